The fourth-order valence-electron chi connectivity index (χ4n) is 3.48. The molecule has 2 heterocycles. The molecule has 0 aliphatic carbocycles. The zero-order valence-corrected chi connectivity index (χ0v) is 14.5. The molecule has 1 fully saturated rings. The lowest BCUT2D eigenvalue weighted by molar-refractivity contribution is 0.0692. The van der Waals surface area contributed by atoms with Crippen LogP contribution < -0.4 is 0 Å². The van der Waals surface area contributed by atoms with E-state index in [1.165, 1.54) is 5.56 Å². The third-order valence-corrected chi connectivity index (χ3v) is 4.78. The maximum Gasteiger partial charge on any atom is 0.255 e. The van der Waals surface area contributed by atoms with Crippen molar-refractivity contribution in [1.29, 1.82) is 0 Å². The summed E-state index contributed by atoms with van der Waals surface area (Å²) in [6, 6.07) is 14.5. The number of hydrogen-bond acceptors (Lipinski definition) is 3. The summed E-state index contributed by atoms with van der Waals surface area (Å²) in [4.78, 5) is 21.6. The summed E-state index contributed by atoms with van der Waals surface area (Å²) in [5, 5.41) is 0. The summed E-state index contributed by atoms with van der Waals surface area (Å²) < 4.78 is 0. The Balaban J connectivity index is 1.67. The fraction of sp³-hybridized carbons (Fsp3) is 0.400. The van der Waals surface area contributed by atoms with E-state index in [1.54, 1.807) is 6.20 Å². The van der Waals surface area contributed by atoms with E-state index in [0.29, 0.717) is 0 Å². The number of likely N-dealkylation sites (N-methyl/N-ethyl adjacent to an activating group) is 1. The van der Waals surface area contributed by atoms with Crippen molar-refractivity contribution in [3.63, 3.8) is 0 Å². The number of rotatable bonds is 5. The maximum absolute atomic E-state index is 12.9. The highest BCUT2D eigenvalue weighted by Crippen LogP contribution is 2.20. The van der Waals surface area contributed by atoms with Gasteiger partial charge in [0, 0.05) is 44.1 Å². The van der Waals surface area contributed by atoms with Gasteiger partial charge >= 0.3 is 0 Å². The molecule has 126 valence electrons. The van der Waals surface area contributed by atoms with Gasteiger partial charge < -0.3 is 4.90 Å². The van der Waals surface area contributed by atoms with Crippen LogP contribution >= 0.6 is 0 Å². The van der Waals surface area contributed by atoms with Gasteiger partial charge in [-0.05, 0) is 38.0 Å². The van der Waals surface area contributed by atoms with E-state index in [0.717, 1.165) is 43.9 Å². The van der Waals surface area contributed by atoms with E-state index >= 15 is 0 Å². The highest BCUT2D eigenvalue weighted by molar-refractivity contribution is 5.95. The minimum atomic E-state index is 0.106. The fourth-order valence-corrected chi connectivity index (χ4v) is 3.48. The van der Waals surface area contributed by atoms with Gasteiger partial charge in [0.15, 0.2) is 0 Å². The molecule has 24 heavy (non-hydrogen) atoms. The Hall–Kier alpha value is -2.20. The Kier molecular flexibility index (Phi) is 5.26. The van der Waals surface area contributed by atoms with Crippen LogP contribution in [0.15, 0.2) is 48.7 Å². The van der Waals surface area contributed by atoms with Gasteiger partial charge in [0.05, 0.1) is 5.56 Å². The molecule has 1 aromatic carbocycles. The molecular formula is C20H25N3O. The monoisotopic (exact) mass is 323 g/mol. The summed E-state index contributed by atoms with van der Waals surface area (Å²) in [5.41, 5.74) is 2.86. The standard InChI is InChI=1S/C20H25N3O/c1-3-23(20(24)19-10-7-12-21-16(19)2)18-11-13-22(15-18)14-17-8-5-4-6-9-17/h4-10,12,18H,3,11,13-15H2,1-2H3/t18-/m1/s1. The Morgan fingerprint density at radius 1 is 1.25 bits per heavy atom. The maximum atomic E-state index is 12.9. The summed E-state index contributed by atoms with van der Waals surface area (Å²) in [7, 11) is 0. The highest BCUT2D eigenvalue weighted by Gasteiger charge is 2.30. The van der Waals surface area contributed by atoms with Gasteiger partial charge in [-0.1, -0.05) is 30.3 Å². The molecule has 1 amide bonds. The molecule has 0 saturated carbocycles. The van der Waals surface area contributed by atoms with Crippen molar-refractivity contribution in [3.05, 3.63) is 65.5 Å². The van der Waals surface area contributed by atoms with Crippen LogP contribution in [-0.4, -0.2) is 46.4 Å². The predicted molar refractivity (Wildman–Crippen MR) is 95.8 cm³/mol. The SMILES string of the molecule is CCN(C(=O)c1cccnc1C)[C@@H]1CCN(Cc2ccccc2)C1. The van der Waals surface area contributed by atoms with Crippen LogP contribution in [0, 0.1) is 6.92 Å². The second-order valence-corrected chi connectivity index (χ2v) is 6.39. The topological polar surface area (TPSA) is 36.4 Å². The zero-order valence-electron chi connectivity index (χ0n) is 14.5. The van der Waals surface area contributed by atoms with Crippen LogP contribution in [0.3, 0.4) is 0 Å². The Bertz CT molecular complexity index is 686. The number of pyridine rings is 1. The van der Waals surface area contributed by atoms with E-state index in [4.69, 9.17) is 0 Å². The lowest BCUT2D eigenvalue weighted by Gasteiger charge is -2.28. The Morgan fingerprint density at radius 2 is 2.04 bits per heavy atom. The molecule has 1 aliphatic heterocycles. The quantitative estimate of drug-likeness (QED) is 0.848. The van der Waals surface area contributed by atoms with Crippen LogP contribution in [0.2, 0.25) is 0 Å². The average molecular weight is 323 g/mol. The minimum absolute atomic E-state index is 0.106. The minimum Gasteiger partial charge on any atom is -0.335 e. The first-order valence-electron chi connectivity index (χ1n) is 8.68. The molecular weight excluding hydrogens is 298 g/mol. The van der Waals surface area contributed by atoms with E-state index < -0.39 is 0 Å². The van der Waals surface area contributed by atoms with Crippen molar-refractivity contribution in [2.75, 3.05) is 19.6 Å². The first-order valence-corrected chi connectivity index (χ1v) is 8.68. The molecule has 1 saturated heterocycles. The van der Waals surface area contributed by atoms with Crippen LogP contribution in [0.5, 0.6) is 0 Å². The summed E-state index contributed by atoms with van der Waals surface area (Å²) in [5.74, 6) is 0.106. The third kappa shape index (κ3) is 3.65. The molecule has 0 radical (unpaired) electrons. The van der Waals surface area contributed by atoms with Crippen molar-refractivity contribution in [1.82, 2.24) is 14.8 Å². The molecule has 0 unspecified atom stereocenters. The second-order valence-electron chi connectivity index (χ2n) is 6.39. The number of carbonyl (C=O) groups excluding carboxylic acids is 1. The van der Waals surface area contributed by atoms with Crippen molar-refractivity contribution in [2.45, 2.75) is 32.9 Å². The summed E-state index contributed by atoms with van der Waals surface area (Å²) in [6.45, 7) is 7.62. The van der Waals surface area contributed by atoms with Crippen molar-refractivity contribution in [3.8, 4) is 0 Å². The largest absolute Gasteiger partial charge is 0.335 e. The average Bonchev–Trinajstić information content (AvgIpc) is 3.05. The van der Waals surface area contributed by atoms with Crippen LogP contribution in [0.1, 0.15) is 35.0 Å². The van der Waals surface area contributed by atoms with Crippen LogP contribution in [0.4, 0.5) is 0 Å². The second kappa shape index (κ2) is 7.58. The van der Waals surface area contributed by atoms with Crippen LogP contribution in [0.25, 0.3) is 0 Å². The van der Waals surface area contributed by atoms with E-state index in [2.05, 4.69) is 41.1 Å². The van der Waals surface area contributed by atoms with Gasteiger partial charge in [-0.3, -0.25) is 14.7 Å². The number of carbonyl (C=O) groups is 1. The normalized spacial score (nSPS) is 17.8. The molecule has 3 rings (SSSR count). The predicted octanol–water partition coefficient (Wildman–Crippen LogP) is 3.13. The summed E-state index contributed by atoms with van der Waals surface area (Å²) >= 11 is 0. The smallest absolute Gasteiger partial charge is 0.255 e. The Labute approximate surface area is 144 Å². The first-order chi connectivity index (χ1) is 11.7. The first kappa shape index (κ1) is 16.7. The molecule has 1 aromatic heterocycles. The van der Waals surface area contributed by atoms with Crippen molar-refractivity contribution >= 4 is 5.91 Å². The number of hydrogen-bond donors (Lipinski definition) is 0. The zero-order chi connectivity index (χ0) is 16.9. The number of aromatic nitrogens is 1. The van der Waals surface area contributed by atoms with Crippen molar-refractivity contribution in [2.24, 2.45) is 0 Å². The number of nitrogens with zero attached hydrogens (tertiary/aromatic N) is 3. The van der Waals surface area contributed by atoms with E-state index in [9.17, 15) is 4.79 Å². The Morgan fingerprint density at radius 3 is 2.75 bits per heavy atom. The molecule has 4 heteroatoms. The van der Waals surface area contributed by atoms with Gasteiger partial charge in [0.1, 0.15) is 0 Å². The lowest BCUT2D eigenvalue weighted by Crippen LogP contribution is -2.42. The number of amides is 1. The van der Waals surface area contributed by atoms with E-state index in [-0.39, 0.29) is 11.9 Å². The molecule has 2 aromatic rings. The number of benzene rings is 1. The van der Waals surface area contributed by atoms with Gasteiger partial charge in [0.2, 0.25) is 0 Å². The van der Waals surface area contributed by atoms with E-state index in [1.807, 2.05) is 30.0 Å². The van der Waals surface area contributed by atoms with Crippen molar-refractivity contribution < 1.29 is 4.79 Å². The number of likely N-dealkylation sites (tertiary alicyclic amines) is 1. The lowest BCUT2D eigenvalue weighted by atomic mass is 10.1. The molecule has 1 aliphatic rings. The van der Waals surface area contributed by atoms with Gasteiger partial charge in [-0.25, -0.2) is 0 Å². The third-order valence-electron chi connectivity index (χ3n) is 4.78. The van der Waals surface area contributed by atoms with Gasteiger partial charge in [-0.2, -0.15) is 0 Å². The molecule has 0 spiro atoms. The van der Waals surface area contributed by atoms with Gasteiger partial charge in [-0.15, -0.1) is 0 Å². The molecule has 0 bridgehead atoms. The molecule has 0 N–H and O–H groups in total. The van der Waals surface area contributed by atoms with Gasteiger partial charge in [0.25, 0.3) is 5.91 Å². The summed E-state index contributed by atoms with van der Waals surface area (Å²) in [6.07, 6.45) is 2.77. The number of aryl methyl sites for hydroxylation is 1. The molecule has 4 nitrogen and oxygen atoms in total. The van der Waals surface area contributed by atoms with Crippen LogP contribution in [-0.2, 0) is 6.54 Å². The molecule has 1 atom stereocenters. The highest BCUT2D eigenvalue weighted by atomic mass is 16.2.